The molecule has 15 heavy (non-hydrogen) atoms. The molecular weight excluding hydrogens is 184 g/mol. The van der Waals surface area contributed by atoms with Gasteiger partial charge in [-0.3, -0.25) is 4.79 Å². The molecular formula is C14H23O. The predicted octanol–water partition coefficient (Wildman–Crippen LogP) is 4.35. The van der Waals surface area contributed by atoms with Gasteiger partial charge in [0.2, 0.25) is 6.29 Å². The molecule has 85 valence electrons. The lowest BCUT2D eigenvalue weighted by atomic mass is 10.1. The fraction of sp³-hybridized carbons (Fsp3) is 0.643. The van der Waals surface area contributed by atoms with Crippen molar-refractivity contribution in [3.8, 4) is 0 Å². The summed E-state index contributed by atoms with van der Waals surface area (Å²) in [4.78, 5) is 9.82. The molecule has 0 saturated carbocycles. The first-order valence-corrected chi connectivity index (χ1v) is 6.11. The van der Waals surface area contributed by atoms with Crippen molar-refractivity contribution >= 4 is 6.29 Å². The maximum Gasteiger partial charge on any atom is 0.225 e. The fourth-order valence-electron chi connectivity index (χ4n) is 1.49. The van der Waals surface area contributed by atoms with Crippen LogP contribution in [0.5, 0.6) is 0 Å². The zero-order valence-corrected chi connectivity index (χ0v) is 9.87. The molecule has 0 unspecified atom stereocenters. The van der Waals surface area contributed by atoms with Gasteiger partial charge in [-0.2, -0.15) is 0 Å². The first kappa shape index (κ1) is 14.2. The molecule has 0 spiro atoms. The Morgan fingerprint density at radius 3 is 2.27 bits per heavy atom. The summed E-state index contributed by atoms with van der Waals surface area (Å²) in [5, 5.41) is 0. The van der Waals surface area contributed by atoms with Crippen LogP contribution in [-0.2, 0) is 4.79 Å². The molecule has 0 aliphatic heterocycles. The molecule has 0 aliphatic carbocycles. The maximum atomic E-state index is 9.82. The van der Waals surface area contributed by atoms with Crippen LogP contribution in [0.3, 0.4) is 0 Å². The summed E-state index contributed by atoms with van der Waals surface area (Å²) in [6.45, 7) is 2.25. The largest absolute Gasteiger partial charge is 0.286 e. The third-order valence-electron chi connectivity index (χ3n) is 2.39. The highest BCUT2D eigenvalue weighted by Crippen LogP contribution is 2.08. The van der Waals surface area contributed by atoms with E-state index < -0.39 is 0 Å². The summed E-state index contributed by atoms with van der Waals surface area (Å²) in [5.74, 6) is 0. The first-order chi connectivity index (χ1) is 7.41. The Hall–Kier alpha value is -0.850. The van der Waals surface area contributed by atoms with Crippen molar-refractivity contribution in [1.82, 2.24) is 0 Å². The lowest BCUT2D eigenvalue weighted by Crippen LogP contribution is -1.78. The van der Waals surface area contributed by atoms with E-state index >= 15 is 0 Å². The molecule has 0 atom stereocenters. The van der Waals surface area contributed by atoms with Crippen LogP contribution in [0.25, 0.3) is 0 Å². The van der Waals surface area contributed by atoms with E-state index in [4.69, 9.17) is 0 Å². The fourth-order valence-corrected chi connectivity index (χ4v) is 1.49. The Morgan fingerprint density at radius 2 is 1.60 bits per heavy atom. The van der Waals surface area contributed by atoms with Gasteiger partial charge >= 0.3 is 0 Å². The molecule has 0 bridgehead atoms. The van der Waals surface area contributed by atoms with E-state index in [1.807, 2.05) is 6.08 Å². The van der Waals surface area contributed by atoms with Gasteiger partial charge in [0.25, 0.3) is 0 Å². The van der Waals surface area contributed by atoms with Crippen LogP contribution >= 0.6 is 0 Å². The van der Waals surface area contributed by atoms with Crippen molar-refractivity contribution in [2.75, 3.05) is 0 Å². The number of carbonyl (C=O) groups excluding carboxylic acids is 1. The molecule has 1 radical (unpaired) electrons. The van der Waals surface area contributed by atoms with E-state index in [1.54, 1.807) is 12.4 Å². The highest BCUT2D eigenvalue weighted by atomic mass is 16.1. The molecule has 0 aromatic carbocycles. The van der Waals surface area contributed by atoms with Crippen LogP contribution in [0, 0.1) is 0 Å². The molecule has 0 saturated heterocycles. The highest BCUT2D eigenvalue weighted by Gasteiger charge is 1.88. The summed E-state index contributed by atoms with van der Waals surface area (Å²) < 4.78 is 0. The average molecular weight is 207 g/mol. The van der Waals surface area contributed by atoms with Crippen LogP contribution in [0.4, 0.5) is 0 Å². The maximum absolute atomic E-state index is 9.82. The van der Waals surface area contributed by atoms with Crippen LogP contribution in [0.15, 0.2) is 24.3 Å². The Morgan fingerprint density at radius 1 is 0.933 bits per heavy atom. The Balaban J connectivity index is 3.07. The van der Waals surface area contributed by atoms with E-state index in [1.165, 1.54) is 51.0 Å². The third kappa shape index (κ3) is 13.2. The Kier molecular flexibility index (Phi) is 12.4. The van der Waals surface area contributed by atoms with Gasteiger partial charge in [0.15, 0.2) is 0 Å². The average Bonchev–Trinajstić information content (AvgIpc) is 2.26. The standard InChI is InChI=1S/C14H23O/c1-2-3-4-5-6-7-8-9-10-11-12-13-14-15/h10-13H,2-9H2,1H3. The van der Waals surface area contributed by atoms with Crippen molar-refractivity contribution in [3.63, 3.8) is 0 Å². The van der Waals surface area contributed by atoms with Gasteiger partial charge < -0.3 is 0 Å². The molecule has 0 amide bonds. The number of rotatable bonds is 10. The topological polar surface area (TPSA) is 17.1 Å². The minimum absolute atomic E-state index is 1.12. The molecule has 1 heteroatoms. The monoisotopic (exact) mass is 207 g/mol. The van der Waals surface area contributed by atoms with Crippen LogP contribution in [0.2, 0.25) is 0 Å². The second-order valence-corrected chi connectivity index (χ2v) is 3.82. The van der Waals surface area contributed by atoms with Crippen molar-refractivity contribution in [2.24, 2.45) is 0 Å². The highest BCUT2D eigenvalue weighted by molar-refractivity contribution is 5.66. The van der Waals surface area contributed by atoms with Crippen LogP contribution in [-0.4, -0.2) is 6.29 Å². The van der Waals surface area contributed by atoms with Gasteiger partial charge in [-0.25, -0.2) is 0 Å². The Bertz CT molecular complexity index is 180. The van der Waals surface area contributed by atoms with Gasteiger partial charge in [-0.05, 0) is 18.9 Å². The van der Waals surface area contributed by atoms with Crippen molar-refractivity contribution in [2.45, 2.75) is 58.3 Å². The van der Waals surface area contributed by atoms with E-state index in [2.05, 4.69) is 13.0 Å². The zero-order chi connectivity index (χ0) is 11.2. The summed E-state index contributed by atoms with van der Waals surface area (Å²) in [6.07, 6.45) is 19.4. The lowest BCUT2D eigenvalue weighted by Gasteiger charge is -1.98. The van der Waals surface area contributed by atoms with Gasteiger partial charge in [0, 0.05) is 0 Å². The van der Waals surface area contributed by atoms with Crippen LogP contribution < -0.4 is 0 Å². The minimum Gasteiger partial charge on any atom is -0.286 e. The predicted molar refractivity (Wildman–Crippen MR) is 66.6 cm³/mol. The van der Waals surface area contributed by atoms with Gasteiger partial charge in [0.05, 0.1) is 0 Å². The smallest absolute Gasteiger partial charge is 0.225 e. The lowest BCUT2D eigenvalue weighted by molar-refractivity contribution is 0.564. The molecule has 0 N–H and O–H groups in total. The second kappa shape index (κ2) is 13.2. The molecule has 0 aromatic rings. The minimum atomic E-state index is 1.12. The quantitative estimate of drug-likeness (QED) is 0.296. The molecule has 0 rings (SSSR count). The molecule has 0 fully saturated rings. The number of allylic oxidation sites excluding steroid dienone is 4. The summed E-state index contributed by atoms with van der Waals surface area (Å²) in [6, 6.07) is 0. The number of hydrogen-bond donors (Lipinski definition) is 0. The van der Waals surface area contributed by atoms with Crippen LogP contribution in [0.1, 0.15) is 58.3 Å². The van der Waals surface area contributed by atoms with Gasteiger partial charge in [-0.1, -0.05) is 63.7 Å². The normalized spacial score (nSPS) is 11.5. The molecule has 0 heterocycles. The van der Waals surface area contributed by atoms with E-state index in [-0.39, 0.29) is 0 Å². The van der Waals surface area contributed by atoms with Crippen molar-refractivity contribution in [1.29, 1.82) is 0 Å². The van der Waals surface area contributed by atoms with E-state index in [0.717, 1.165) is 6.42 Å². The third-order valence-corrected chi connectivity index (χ3v) is 2.39. The summed E-state index contributed by atoms with van der Waals surface area (Å²) >= 11 is 0. The van der Waals surface area contributed by atoms with Gasteiger partial charge in [0.1, 0.15) is 0 Å². The Labute approximate surface area is 94.3 Å². The molecule has 0 aromatic heterocycles. The van der Waals surface area contributed by atoms with Gasteiger partial charge in [-0.15, -0.1) is 0 Å². The number of hydrogen-bond acceptors (Lipinski definition) is 1. The van der Waals surface area contributed by atoms with Crippen molar-refractivity contribution < 1.29 is 4.79 Å². The summed E-state index contributed by atoms with van der Waals surface area (Å²) in [7, 11) is 0. The van der Waals surface area contributed by atoms with E-state index in [0.29, 0.717) is 0 Å². The number of unbranched alkanes of at least 4 members (excludes halogenated alkanes) is 7. The summed E-state index contributed by atoms with van der Waals surface area (Å²) in [5.41, 5.74) is 0. The SMILES string of the molecule is CCCCCCCCCC=CC=C[C]=O. The molecule has 0 aliphatic rings. The first-order valence-electron chi connectivity index (χ1n) is 6.11. The molecule has 1 nitrogen and oxygen atoms in total. The second-order valence-electron chi connectivity index (χ2n) is 3.82. The van der Waals surface area contributed by atoms with Crippen molar-refractivity contribution in [3.05, 3.63) is 24.3 Å². The van der Waals surface area contributed by atoms with E-state index in [9.17, 15) is 4.79 Å². The zero-order valence-electron chi connectivity index (χ0n) is 9.87.